The van der Waals surface area contributed by atoms with Gasteiger partial charge in [0.1, 0.15) is 11.5 Å². The molecule has 6 nitrogen and oxygen atoms in total. The summed E-state index contributed by atoms with van der Waals surface area (Å²) in [6, 6.07) is 22.2. The molecule has 1 heterocycles. The second-order valence-electron chi connectivity index (χ2n) is 7.43. The van der Waals surface area contributed by atoms with E-state index in [0.29, 0.717) is 0 Å². The third-order valence-corrected chi connectivity index (χ3v) is 5.35. The molecule has 0 saturated heterocycles. The first kappa shape index (κ1) is 22.7. The molecule has 0 radical (unpaired) electrons. The normalized spacial score (nSPS) is 11.8. The molecule has 172 valence electrons. The van der Waals surface area contributed by atoms with Crippen molar-refractivity contribution in [3.63, 3.8) is 0 Å². The van der Waals surface area contributed by atoms with Gasteiger partial charge in [-0.1, -0.05) is 37.3 Å². The zero-order chi connectivity index (χ0) is 23.0. The van der Waals surface area contributed by atoms with Crippen LogP contribution in [0, 0.1) is 0 Å². The molecule has 0 amide bonds. The minimum atomic E-state index is 0.211. The standard InChI is InChI=1S/C27H28O6/c1-4-24(21-9-14-25-26(15-21)33-18-32-25)27(19-5-10-22(11-6-19)30-16-28-2)20-7-12-23(13-8-20)31-17-29-3/h5-15H,4,16-18H2,1-3H3. The van der Waals surface area contributed by atoms with Crippen LogP contribution in [0.4, 0.5) is 0 Å². The van der Waals surface area contributed by atoms with Crippen LogP contribution >= 0.6 is 0 Å². The van der Waals surface area contributed by atoms with Crippen LogP contribution in [0.2, 0.25) is 0 Å². The van der Waals surface area contributed by atoms with E-state index < -0.39 is 0 Å². The maximum absolute atomic E-state index is 5.63. The van der Waals surface area contributed by atoms with Crippen molar-refractivity contribution < 1.29 is 28.4 Å². The lowest BCUT2D eigenvalue weighted by molar-refractivity contribution is 0.0509. The van der Waals surface area contributed by atoms with E-state index in [4.69, 9.17) is 28.4 Å². The summed E-state index contributed by atoms with van der Waals surface area (Å²) < 4.78 is 32.3. The van der Waals surface area contributed by atoms with Crippen molar-refractivity contribution in [1.82, 2.24) is 0 Å². The van der Waals surface area contributed by atoms with E-state index in [0.717, 1.165) is 51.7 Å². The van der Waals surface area contributed by atoms with E-state index >= 15 is 0 Å². The largest absolute Gasteiger partial charge is 0.468 e. The predicted octanol–water partition coefficient (Wildman–Crippen LogP) is 5.75. The molecule has 0 fully saturated rings. The Morgan fingerprint density at radius 3 is 1.73 bits per heavy atom. The molecule has 0 aromatic heterocycles. The van der Waals surface area contributed by atoms with Gasteiger partial charge >= 0.3 is 0 Å². The van der Waals surface area contributed by atoms with Gasteiger partial charge in [0.05, 0.1) is 0 Å². The Hall–Kier alpha value is -3.48. The maximum atomic E-state index is 5.63. The third kappa shape index (κ3) is 5.30. The molecule has 0 saturated carbocycles. The summed E-state index contributed by atoms with van der Waals surface area (Å²) in [5.41, 5.74) is 5.59. The van der Waals surface area contributed by atoms with Crippen molar-refractivity contribution in [3.05, 3.63) is 83.4 Å². The fourth-order valence-electron chi connectivity index (χ4n) is 3.81. The molecule has 33 heavy (non-hydrogen) atoms. The zero-order valence-corrected chi connectivity index (χ0v) is 19.1. The molecule has 0 aliphatic carbocycles. The van der Waals surface area contributed by atoms with E-state index in [1.54, 1.807) is 14.2 Å². The number of hydrogen-bond donors (Lipinski definition) is 0. The second-order valence-corrected chi connectivity index (χ2v) is 7.43. The number of allylic oxidation sites excluding steroid dienone is 1. The number of hydrogen-bond acceptors (Lipinski definition) is 6. The molecule has 6 heteroatoms. The first-order chi connectivity index (χ1) is 16.2. The minimum absolute atomic E-state index is 0.211. The fraction of sp³-hybridized carbons (Fsp3) is 0.259. The summed E-state index contributed by atoms with van der Waals surface area (Å²) in [5, 5.41) is 0. The van der Waals surface area contributed by atoms with Gasteiger partial charge in [-0.25, -0.2) is 0 Å². The average molecular weight is 449 g/mol. The van der Waals surface area contributed by atoms with Gasteiger partial charge in [-0.15, -0.1) is 0 Å². The Bertz CT molecular complexity index is 1030. The molecule has 3 aromatic rings. The van der Waals surface area contributed by atoms with Crippen molar-refractivity contribution >= 4 is 11.1 Å². The number of methoxy groups -OCH3 is 2. The molecule has 3 aromatic carbocycles. The summed E-state index contributed by atoms with van der Waals surface area (Å²) >= 11 is 0. The van der Waals surface area contributed by atoms with Crippen LogP contribution in [0.25, 0.3) is 11.1 Å². The smallest absolute Gasteiger partial charge is 0.231 e. The molecule has 0 spiro atoms. The highest BCUT2D eigenvalue weighted by atomic mass is 16.7. The molecule has 1 aliphatic heterocycles. The quantitative estimate of drug-likeness (QED) is 0.291. The summed E-state index contributed by atoms with van der Waals surface area (Å²) in [7, 11) is 3.21. The van der Waals surface area contributed by atoms with Gasteiger partial charge in [0, 0.05) is 14.2 Å². The molecule has 0 atom stereocenters. The molecule has 0 bridgehead atoms. The number of fused-ring (bicyclic) bond motifs is 1. The van der Waals surface area contributed by atoms with Crippen LogP contribution in [-0.4, -0.2) is 34.6 Å². The van der Waals surface area contributed by atoms with E-state index in [1.807, 2.05) is 36.4 Å². The molecule has 0 unspecified atom stereocenters. The minimum Gasteiger partial charge on any atom is -0.468 e. The fourth-order valence-corrected chi connectivity index (χ4v) is 3.81. The topological polar surface area (TPSA) is 55.4 Å². The zero-order valence-electron chi connectivity index (χ0n) is 19.1. The van der Waals surface area contributed by atoms with Crippen LogP contribution in [0.5, 0.6) is 23.0 Å². The van der Waals surface area contributed by atoms with Gasteiger partial charge in [-0.2, -0.15) is 0 Å². The van der Waals surface area contributed by atoms with Crippen molar-refractivity contribution in [1.29, 1.82) is 0 Å². The third-order valence-electron chi connectivity index (χ3n) is 5.35. The Morgan fingerprint density at radius 2 is 1.21 bits per heavy atom. The molecule has 4 rings (SSSR count). The number of benzene rings is 3. The van der Waals surface area contributed by atoms with Gasteiger partial charge in [0.2, 0.25) is 6.79 Å². The molecular weight excluding hydrogens is 420 g/mol. The summed E-state index contributed by atoms with van der Waals surface area (Å²) in [4.78, 5) is 0. The lowest BCUT2D eigenvalue weighted by atomic mass is 9.88. The van der Waals surface area contributed by atoms with Gasteiger partial charge in [-0.3, -0.25) is 0 Å². The second kappa shape index (κ2) is 10.9. The highest BCUT2D eigenvalue weighted by molar-refractivity contribution is 5.99. The van der Waals surface area contributed by atoms with Crippen LogP contribution in [-0.2, 0) is 9.47 Å². The Labute approximate surface area is 194 Å². The van der Waals surface area contributed by atoms with Crippen LogP contribution in [0.3, 0.4) is 0 Å². The van der Waals surface area contributed by atoms with Gasteiger partial charge in [0.15, 0.2) is 25.1 Å². The number of ether oxygens (including phenoxy) is 6. The first-order valence-electron chi connectivity index (χ1n) is 10.8. The first-order valence-corrected chi connectivity index (χ1v) is 10.8. The maximum Gasteiger partial charge on any atom is 0.231 e. The lowest BCUT2D eigenvalue weighted by Crippen LogP contribution is -2.00. The van der Waals surface area contributed by atoms with Gasteiger partial charge in [-0.05, 0) is 70.7 Å². The van der Waals surface area contributed by atoms with Crippen molar-refractivity contribution in [3.8, 4) is 23.0 Å². The van der Waals surface area contributed by atoms with Crippen LogP contribution in [0.1, 0.15) is 30.0 Å². The summed E-state index contributed by atoms with van der Waals surface area (Å²) in [6.45, 7) is 2.83. The molecule has 1 aliphatic rings. The Kier molecular flexibility index (Phi) is 7.50. The lowest BCUT2D eigenvalue weighted by Gasteiger charge is -2.17. The van der Waals surface area contributed by atoms with Crippen molar-refractivity contribution in [2.75, 3.05) is 34.6 Å². The highest BCUT2D eigenvalue weighted by Crippen LogP contribution is 2.40. The van der Waals surface area contributed by atoms with Gasteiger partial charge in [0.25, 0.3) is 0 Å². The van der Waals surface area contributed by atoms with E-state index in [2.05, 4.69) is 37.3 Å². The SMILES string of the molecule is CCC(=C(c1ccc(OCOC)cc1)c1ccc(OCOC)cc1)c1ccc2c(c1)OCO2. The Balaban J connectivity index is 1.79. The van der Waals surface area contributed by atoms with E-state index in [-0.39, 0.29) is 20.4 Å². The summed E-state index contributed by atoms with van der Waals surface area (Å²) in [6.07, 6.45) is 0.832. The highest BCUT2D eigenvalue weighted by Gasteiger charge is 2.18. The molecule has 0 N–H and O–H groups in total. The monoisotopic (exact) mass is 448 g/mol. The van der Waals surface area contributed by atoms with Crippen LogP contribution in [0.15, 0.2) is 66.7 Å². The molecular formula is C27H28O6. The Morgan fingerprint density at radius 1 is 0.697 bits per heavy atom. The summed E-state index contributed by atoms with van der Waals surface area (Å²) in [5.74, 6) is 3.05. The van der Waals surface area contributed by atoms with E-state index in [1.165, 1.54) is 5.57 Å². The number of rotatable bonds is 10. The van der Waals surface area contributed by atoms with Gasteiger partial charge < -0.3 is 28.4 Å². The average Bonchev–Trinajstić information content (AvgIpc) is 3.33. The van der Waals surface area contributed by atoms with Crippen molar-refractivity contribution in [2.45, 2.75) is 13.3 Å². The van der Waals surface area contributed by atoms with Crippen molar-refractivity contribution in [2.24, 2.45) is 0 Å². The van der Waals surface area contributed by atoms with Crippen LogP contribution < -0.4 is 18.9 Å². The van der Waals surface area contributed by atoms with E-state index in [9.17, 15) is 0 Å². The predicted molar refractivity (Wildman–Crippen MR) is 127 cm³/mol.